The highest BCUT2D eigenvalue weighted by atomic mass is 16.3. The van der Waals surface area contributed by atoms with Gasteiger partial charge in [-0.25, -0.2) is 4.98 Å². The molecule has 0 bridgehead atoms. The Morgan fingerprint density at radius 2 is 1.71 bits per heavy atom. The number of nitrogens with zero attached hydrogens (tertiary/aromatic N) is 1. The number of benzene rings is 3. The van der Waals surface area contributed by atoms with Crippen LogP contribution < -0.4 is 5.32 Å². The van der Waals surface area contributed by atoms with Gasteiger partial charge in [0.15, 0.2) is 12.2 Å². The van der Waals surface area contributed by atoms with Crippen molar-refractivity contribution in [3.63, 3.8) is 0 Å². The van der Waals surface area contributed by atoms with Gasteiger partial charge in [-0.3, -0.25) is 4.79 Å². The second-order valence-electron chi connectivity index (χ2n) is 5.46. The number of rotatable bonds is 3. The van der Waals surface area contributed by atoms with Crippen molar-refractivity contribution in [3.05, 3.63) is 84.9 Å². The molecule has 0 spiro atoms. The van der Waals surface area contributed by atoms with Gasteiger partial charge in [0.2, 0.25) is 0 Å². The van der Waals surface area contributed by atoms with Gasteiger partial charge in [0.1, 0.15) is 0 Å². The van der Waals surface area contributed by atoms with E-state index in [0.717, 1.165) is 22.0 Å². The van der Waals surface area contributed by atoms with Crippen molar-refractivity contribution in [2.24, 2.45) is 0 Å². The van der Waals surface area contributed by atoms with Gasteiger partial charge in [-0.05, 0) is 35.0 Å². The summed E-state index contributed by atoms with van der Waals surface area (Å²) in [7, 11) is 0. The lowest BCUT2D eigenvalue weighted by Crippen LogP contribution is -2.11. The van der Waals surface area contributed by atoms with Gasteiger partial charge >= 0.3 is 0 Å². The second-order valence-corrected chi connectivity index (χ2v) is 5.46. The maximum Gasteiger partial charge on any atom is 0.255 e. The molecule has 116 valence electrons. The van der Waals surface area contributed by atoms with Gasteiger partial charge in [0, 0.05) is 16.8 Å². The van der Waals surface area contributed by atoms with E-state index in [4.69, 9.17) is 4.42 Å². The molecule has 4 aromatic rings. The maximum atomic E-state index is 12.4. The third kappa shape index (κ3) is 2.77. The number of hydrogen-bond acceptors (Lipinski definition) is 3. The van der Waals surface area contributed by atoms with E-state index in [-0.39, 0.29) is 5.91 Å². The predicted molar refractivity (Wildman–Crippen MR) is 93.8 cm³/mol. The molecule has 1 N–H and O–H groups in total. The van der Waals surface area contributed by atoms with Crippen LogP contribution in [0.3, 0.4) is 0 Å². The molecule has 24 heavy (non-hydrogen) atoms. The Morgan fingerprint density at radius 1 is 0.917 bits per heavy atom. The number of amides is 1. The Kier molecular flexibility index (Phi) is 3.56. The highest BCUT2D eigenvalue weighted by molar-refractivity contribution is 6.05. The molecule has 4 nitrogen and oxygen atoms in total. The molecule has 0 aliphatic rings. The summed E-state index contributed by atoms with van der Waals surface area (Å²) in [6, 6.07) is 21.2. The minimum absolute atomic E-state index is 0.144. The van der Waals surface area contributed by atoms with Crippen LogP contribution in [0.1, 0.15) is 10.4 Å². The third-order valence-electron chi connectivity index (χ3n) is 3.87. The summed E-state index contributed by atoms with van der Waals surface area (Å²) in [6.45, 7) is 0. The van der Waals surface area contributed by atoms with Crippen LogP contribution >= 0.6 is 0 Å². The van der Waals surface area contributed by atoms with Crippen LogP contribution in [0.4, 0.5) is 5.69 Å². The first-order valence-corrected chi connectivity index (χ1v) is 7.59. The topological polar surface area (TPSA) is 55.1 Å². The quantitative estimate of drug-likeness (QED) is 0.594. The normalized spacial score (nSPS) is 10.7. The van der Waals surface area contributed by atoms with Crippen LogP contribution in [0.2, 0.25) is 0 Å². The molecular formula is C20H14N2O2. The molecule has 0 unspecified atom stereocenters. The summed E-state index contributed by atoms with van der Waals surface area (Å²) < 4.78 is 5.24. The minimum atomic E-state index is -0.144. The van der Waals surface area contributed by atoms with Crippen LogP contribution in [0.15, 0.2) is 83.7 Å². The lowest BCUT2D eigenvalue weighted by Gasteiger charge is -2.07. The fourth-order valence-electron chi connectivity index (χ4n) is 2.61. The van der Waals surface area contributed by atoms with E-state index in [1.807, 2.05) is 54.6 Å². The van der Waals surface area contributed by atoms with E-state index in [2.05, 4.69) is 10.3 Å². The van der Waals surface area contributed by atoms with Crippen molar-refractivity contribution >= 4 is 22.4 Å². The molecule has 0 fully saturated rings. The molecule has 0 saturated heterocycles. The number of oxazole rings is 1. The molecule has 0 aliphatic heterocycles. The van der Waals surface area contributed by atoms with E-state index in [0.29, 0.717) is 11.3 Å². The van der Waals surface area contributed by atoms with Crippen LogP contribution in [-0.4, -0.2) is 10.9 Å². The Morgan fingerprint density at radius 3 is 2.46 bits per heavy atom. The Hall–Kier alpha value is -3.40. The average Bonchev–Trinajstić information content (AvgIpc) is 3.16. The standard InChI is InChI=1S/C20H14N2O2/c23-20(16-7-5-15(6-8-16)19-12-21-13-24-19)22-18-10-9-14-3-1-2-4-17(14)11-18/h1-13H,(H,22,23). The molecule has 4 heteroatoms. The summed E-state index contributed by atoms with van der Waals surface area (Å²) in [6.07, 6.45) is 3.03. The lowest BCUT2D eigenvalue weighted by atomic mass is 10.1. The second kappa shape index (κ2) is 6.01. The zero-order valence-electron chi connectivity index (χ0n) is 12.8. The van der Waals surface area contributed by atoms with Crippen molar-refractivity contribution < 1.29 is 9.21 Å². The third-order valence-corrected chi connectivity index (χ3v) is 3.87. The average molecular weight is 314 g/mol. The van der Waals surface area contributed by atoms with E-state index in [9.17, 15) is 4.79 Å². The molecule has 0 atom stereocenters. The highest BCUT2D eigenvalue weighted by Crippen LogP contribution is 2.21. The van der Waals surface area contributed by atoms with Gasteiger partial charge < -0.3 is 9.73 Å². The van der Waals surface area contributed by atoms with Gasteiger partial charge in [-0.1, -0.05) is 42.5 Å². The van der Waals surface area contributed by atoms with Gasteiger partial charge in [-0.2, -0.15) is 0 Å². The molecular weight excluding hydrogens is 300 g/mol. The molecule has 1 amide bonds. The first kappa shape index (κ1) is 14.2. The van der Waals surface area contributed by atoms with Gasteiger partial charge in [-0.15, -0.1) is 0 Å². The zero-order valence-corrected chi connectivity index (χ0v) is 12.8. The number of aromatic nitrogens is 1. The number of hydrogen-bond donors (Lipinski definition) is 1. The van der Waals surface area contributed by atoms with Crippen molar-refractivity contribution in [2.45, 2.75) is 0 Å². The summed E-state index contributed by atoms with van der Waals surface area (Å²) in [5.41, 5.74) is 2.25. The number of carbonyl (C=O) groups excluding carboxylic acids is 1. The Balaban J connectivity index is 1.54. The summed E-state index contributed by atoms with van der Waals surface area (Å²) in [5, 5.41) is 5.17. The number of fused-ring (bicyclic) bond motifs is 1. The summed E-state index contributed by atoms with van der Waals surface area (Å²) >= 11 is 0. The van der Waals surface area contributed by atoms with Crippen molar-refractivity contribution in [3.8, 4) is 11.3 Å². The molecule has 4 rings (SSSR count). The number of carbonyl (C=O) groups is 1. The van der Waals surface area contributed by atoms with Crippen LogP contribution in [0, 0.1) is 0 Å². The number of anilines is 1. The van der Waals surface area contributed by atoms with Crippen LogP contribution in [0.25, 0.3) is 22.1 Å². The molecule has 3 aromatic carbocycles. The van der Waals surface area contributed by atoms with E-state index < -0.39 is 0 Å². The van der Waals surface area contributed by atoms with Crippen LogP contribution in [-0.2, 0) is 0 Å². The smallest absolute Gasteiger partial charge is 0.255 e. The summed E-state index contributed by atoms with van der Waals surface area (Å²) in [5.74, 6) is 0.533. The predicted octanol–water partition coefficient (Wildman–Crippen LogP) is 4.75. The van der Waals surface area contributed by atoms with Crippen molar-refractivity contribution in [2.75, 3.05) is 5.32 Å². The molecule has 1 heterocycles. The van der Waals surface area contributed by atoms with E-state index >= 15 is 0 Å². The van der Waals surface area contributed by atoms with Gasteiger partial charge in [0.25, 0.3) is 5.91 Å². The van der Waals surface area contributed by atoms with Crippen molar-refractivity contribution in [1.29, 1.82) is 0 Å². The van der Waals surface area contributed by atoms with Gasteiger partial charge in [0.05, 0.1) is 6.20 Å². The molecule has 0 saturated carbocycles. The first-order chi connectivity index (χ1) is 11.8. The molecule has 0 aliphatic carbocycles. The van der Waals surface area contributed by atoms with Crippen LogP contribution in [0.5, 0.6) is 0 Å². The van der Waals surface area contributed by atoms with E-state index in [1.165, 1.54) is 6.39 Å². The fourth-order valence-corrected chi connectivity index (χ4v) is 2.61. The highest BCUT2D eigenvalue weighted by Gasteiger charge is 2.08. The Bertz CT molecular complexity index is 990. The zero-order chi connectivity index (χ0) is 16.4. The number of nitrogens with one attached hydrogen (secondary N) is 1. The first-order valence-electron chi connectivity index (χ1n) is 7.59. The largest absolute Gasteiger partial charge is 0.444 e. The monoisotopic (exact) mass is 314 g/mol. The lowest BCUT2D eigenvalue weighted by molar-refractivity contribution is 0.102. The SMILES string of the molecule is O=C(Nc1ccc2ccccc2c1)c1ccc(-c2cnco2)cc1. The van der Waals surface area contributed by atoms with E-state index in [1.54, 1.807) is 18.3 Å². The minimum Gasteiger partial charge on any atom is -0.444 e. The Labute approximate surface area is 138 Å². The maximum absolute atomic E-state index is 12.4. The van der Waals surface area contributed by atoms with Crippen molar-refractivity contribution in [1.82, 2.24) is 4.98 Å². The summed E-state index contributed by atoms with van der Waals surface area (Å²) in [4.78, 5) is 16.3. The molecule has 1 aromatic heterocycles. The fraction of sp³-hybridized carbons (Fsp3) is 0. The molecule has 0 radical (unpaired) electrons.